The molecule has 2 amide bonds. The Morgan fingerprint density at radius 1 is 1.15 bits per heavy atom. The van der Waals surface area contributed by atoms with Crippen LogP contribution in [0, 0.1) is 5.92 Å². The van der Waals surface area contributed by atoms with Crippen LogP contribution in [0.5, 0.6) is 0 Å². The number of nitrogens with zero attached hydrogens (tertiary/aromatic N) is 1. The molecule has 0 aliphatic heterocycles. The van der Waals surface area contributed by atoms with Gasteiger partial charge < -0.3 is 21.3 Å². The molecule has 0 radical (unpaired) electrons. The SMILES string of the molecule is CCNC(=NCCc1cccc(C(=O)NC)c1)NCCNC(=O)C1CC1. The van der Waals surface area contributed by atoms with Crippen LogP contribution in [0.2, 0.25) is 0 Å². The zero-order chi connectivity index (χ0) is 18.8. The van der Waals surface area contributed by atoms with Gasteiger partial charge in [-0.15, -0.1) is 0 Å². The minimum absolute atomic E-state index is 0.0846. The van der Waals surface area contributed by atoms with E-state index in [0.717, 1.165) is 37.3 Å². The third-order valence-electron chi connectivity index (χ3n) is 4.10. The second-order valence-electron chi connectivity index (χ2n) is 6.28. The molecule has 1 aliphatic carbocycles. The minimum Gasteiger partial charge on any atom is -0.357 e. The van der Waals surface area contributed by atoms with Gasteiger partial charge in [-0.3, -0.25) is 14.6 Å². The summed E-state index contributed by atoms with van der Waals surface area (Å²) in [6.07, 6.45) is 2.79. The molecular formula is C19H29N5O2. The molecule has 1 aromatic rings. The van der Waals surface area contributed by atoms with Crippen molar-refractivity contribution in [2.75, 3.05) is 33.2 Å². The Labute approximate surface area is 155 Å². The molecule has 2 rings (SSSR count). The highest BCUT2D eigenvalue weighted by Gasteiger charge is 2.28. The predicted octanol–water partition coefficient (Wildman–Crippen LogP) is 0.670. The van der Waals surface area contributed by atoms with E-state index in [4.69, 9.17) is 0 Å². The van der Waals surface area contributed by atoms with Crippen molar-refractivity contribution in [1.29, 1.82) is 0 Å². The van der Waals surface area contributed by atoms with Gasteiger partial charge in [0.2, 0.25) is 5.91 Å². The summed E-state index contributed by atoms with van der Waals surface area (Å²) in [5.41, 5.74) is 1.73. The Hall–Kier alpha value is -2.57. The standard InChI is InChI=1S/C19H29N5O2/c1-3-21-19(24-12-11-22-18(26)15-7-8-15)23-10-9-14-5-4-6-16(13-14)17(25)20-2/h4-6,13,15H,3,7-12H2,1-2H3,(H,20,25)(H,22,26)(H2,21,23,24). The zero-order valence-corrected chi connectivity index (χ0v) is 15.6. The summed E-state index contributed by atoms with van der Waals surface area (Å²) in [6.45, 7) is 4.62. The van der Waals surface area contributed by atoms with E-state index < -0.39 is 0 Å². The number of guanidine groups is 1. The number of carbonyl (C=O) groups excluding carboxylic acids is 2. The normalized spacial score (nSPS) is 13.8. The average Bonchev–Trinajstić information content (AvgIpc) is 3.50. The summed E-state index contributed by atoms with van der Waals surface area (Å²) in [5, 5.41) is 12.0. The smallest absolute Gasteiger partial charge is 0.251 e. The molecule has 1 aliphatic rings. The fourth-order valence-corrected chi connectivity index (χ4v) is 2.51. The first kappa shape index (κ1) is 19.8. The van der Waals surface area contributed by atoms with Crippen molar-refractivity contribution in [2.45, 2.75) is 26.2 Å². The number of rotatable bonds is 9. The molecule has 0 atom stereocenters. The first-order chi connectivity index (χ1) is 12.6. The van der Waals surface area contributed by atoms with Crippen LogP contribution in [-0.4, -0.2) is 51.0 Å². The lowest BCUT2D eigenvalue weighted by Gasteiger charge is -2.12. The molecule has 26 heavy (non-hydrogen) atoms. The average molecular weight is 359 g/mol. The van der Waals surface area contributed by atoms with Gasteiger partial charge in [-0.2, -0.15) is 0 Å². The van der Waals surface area contributed by atoms with Gasteiger partial charge in [0.15, 0.2) is 5.96 Å². The fourth-order valence-electron chi connectivity index (χ4n) is 2.51. The molecule has 0 heterocycles. The van der Waals surface area contributed by atoms with Crippen molar-refractivity contribution in [2.24, 2.45) is 10.9 Å². The van der Waals surface area contributed by atoms with Crippen LogP contribution in [0.1, 0.15) is 35.7 Å². The molecule has 1 fully saturated rings. The third-order valence-corrected chi connectivity index (χ3v) is 4.10. The second-order valence-corrected chi connectivity index (χ2v) is 6.28. The second kappa shape index (κ2) is 10.4. The summed E-state index contributed by atoms with van der Waals surface area (Å²) in [5.74, 6) is 1.04. The molecule has 0 spiro atoms. The van der Waals surface area contributed by atoms with Gasteiger partial charge in [0.05, 0.1) is 0 Å². The molecule has 142 valence electrons. The molecule has 7 nitrogen and oxygen atoms in total. The summed E-state index contributed by atoms with van der Waals surface area (Å²) in [4.78, 5) is 27.8. The van der Waals surface area contributed by atoms with E-state index >= 15 is 0 Å². The first-order valence-electron chi connectivity index (χ1n) is 9.25. The van der Waals surface area contributed by atoms with E-state index in [1.54, 1.807) is 13.1 Å². The van der Waals surface area contributed by atoms with Gasteiger partial charge in [-0.05, 0) is 43.9 Å². The van der Waals surface area contributed by atoms with E-state index in [0.29, 0.717) is 25.2 Å². The van der Waals surface area contributed by atoms with Gasteiger partial charge in [-0.25, -0.2) is 0 Å². The van der Waals surface area contributed by atoms with Crippen molar-refractivity contribution in [3.05, 3.63) is 35.4 Å². The Balaban J connectivity index is 1.76. The molecule has 7 heteroatoms. The van der Waals surface area contributed by atoms with Gasteiger partial charge in [0.1, 0.15) is 0 Å². The van der Waals surface area contributed by atoms with Crippen LogP contribution in [0.25, 0.3) is 0 Å². The summed E-state index contributed by atoms with van der Waals surface area (Å²) < 4.78 is 0. The molecule has 4 N–H and O–H groups in total. The van der Waals surface area contributed by atoms with Crippen LogP contribution in [0.3, 0.4) is 0 Å². The number of amides is 2. The van der Waals surface area contributed by atoms with E-state index in [2.05, 4.69) is 26.3 Å². The summed E-state index contributed by atoms with van der Waals surface area (Å²) in [7, 11) is 1.63. The zero-order valence-electron chi connectivity index (χ0n) is 15.6. The first-order valence-corrected chi connectivity index (χ1v) is 9.25. The molecular weight excluding hydrogens is 330 g/mol. The summed E-state index contributed by atoms with van der Waals surface area (Å²) >= 11 is 0. The lowest BCUT2D eigenvalue weighted by Crippen LogP contribution is -2.41. The number of carbonyl (C=O) groups is 2. The number of aliphatic imine (C=N–C) groups is 1. The summed E-state index contributed by atoms with van der Waals surface area (Å²) in [6, 6.07) is 7.57. The monoisotopic (exact) mass is 359 g/mol. The van der Waals surface area contributed by atoms with Gasteiger partial charge in [0.25, 0.3) is 5.91 Å². The Morgan fingerprint density at radius 3 is 2.62 bits per heavy atom. The lowest BCUT2D eigenvalue weighted by atomic mass is 10.1. The predicted molar refractivity (Wildman–Crippen MR) is 103 cm³/mol. The van der Waals surface area contributed by atoms with Gasteiger partial charge in [-0.1, -0.05) is 12.1 Å². The maximum absolute atomic E-state index is 11.7. The molecule has 0 bridgehead atoms. The maximum atomic E-state index is 11.7. The highest BCUT2D eigenvalue weighted by molar-refractivity contribution is 5.94. The van der Waals surface area contributed by atoms with Gasteiger partial charge in [0, 0.05) is 44.7 Å². The fraction of sp³-hybridized carbons (Fsp3) is 0.526. The van der Waals surface area contributed by atoms with Crippen LogP contribution in [0.4, 0.5) is 0 Å². The number of nitrogens with one attached hydrogen (secondary N) is 4. The maximum Gasteiger partial charge on any atom is 0.251 e. The topological polar surface area (TPSA) is 94.6 Å². The van der Waals surface area contributed by atoms with Crippen LogP contribution in [0.15, 0.2) is 29.3 Å². The number of hydrogen-bond donors (Lipinski definition) is 4. The lowest BCUT2D eigenvalue weighted by molar-refractivity contribution is -0.122. The highest BCUT2D eigenvalue weighted by Crippen LogP contribution is 2.28. The highest BCUT2D eigenvalue weighted by atomic mass is 16.2. The minimum atomic E-state index is -0.0846. The largest absolute Gasteiger partial charge is 0.357 e. The Bertz CT molecular complexity index is 641. The van der Waals surface area contributed by atoms with Crippen molar-refractivity contribution >= 4 is 17.8 Å². The molecule has 1 aromatic carbocycles. The number of benzene rings is 1. The number of hydrogen-bond acceptors (Lipinski definition) is 3. The van der Waals surface area contributed by atoms with Crippen molar-refractivity contribution in [3.8, 4) is 0 Å². The van der Waals surface area contributed by atoms with Crippen LogP contribution < -0.4 is 21.3 Å². The Morgan fingerprint density at radius 2 is 1.92 bits per heavy atom. The van der Waals surface area contributed by atoms with Crippen molar-refractivity contribution in [3.63, 3.8) is 0 Å². The molecule has 0 aromatic heterocycles. The van der Waals surface area contributed by atoms with Crippen molar-refractivity contribution in [1.82, 2.24) is 21.3 Å². The molecule has 0 unspecified atom stereocenters. The van der Waals surface area contributed by atoms with E-state index in [-0.39, 0.29) is 17.7 Å². The van der Waals surface area contributed by atoms with Crippen molar-refractivity contribution < 1.29 is 9.59 Å². The van der Waals surface area contributed by atoms with E-state index in [1.165, 1.54) is 0 Å². The molecule has 0 saturated heterocycles. The third kappa shape index (κ3) is 6.74. The van der Waals surface area contributed by atoms with E-state index in [9.17, 15) is 9.59 Å². The van der Waals surface area contributed by atoms with Crippen LogP contribution >= 0.6 is 0 Å². The van der Waals surface area contributed by atoms with E-state index in [1.807, 2.05) is 25.1 Å². The Kier molecular flexibility index (Phi) is 7.92. The molecule has 1 saturated carbocycles. The van der Waals surface area contributed by atoms with Crippen LogP contribution in [-0.2, 0) is 11.2 Å². The quantitative estimate of drug-likeness (QED) is 0.296. The van der Waals surface area contributed by atoms with Gasteiger partial charge >= 0.3 is 0 Å².